The first-order chi connectivity index (χ1) is 12.5. The summed E-state index contributed by atoms with van der Waals surface area (Å²) >= 11 is 0. The number of fused-ring (bicyclic) bond motifs is 1. The van der Waals surface area contributed by atoms with Crippen molar-refractivity contribution >= 4 is 15.9 Å². The van der Waals surface area contributed by atoms with Gasteiger partial charge in [0, 0.05) is 31.6 Å². The Morgan fingerprint density at radius 3 is 2.22 bits per heavy atom. The largest absolute Gasteiger partial charge is 0.391 e. The monoisotopic (exact) mass is 410 g/mol. The molecule has 1 amide bonds. The molecule has 1 saturated heterocycles. The highest BCUT2D eigenvalue weighted by atomic mass is 32.2. The van der Waals surface area contributed by atoms with E-state index in [1.165, 1.54) is 11.2 Å². The van der Waals surface area contributed by atoms with Crippen LogP contribution in [0.15, 0.2) is 0 Å². The number of carbonyl (C=O) groups is 1. The van der Waals surface area contributed by atoms with Crippen molar-refractivity contribution in [2.75, 3.05) is 6.54 Å². The second kappa shape index (κ2) is 7.54. The van der Waals surface area contributed by atoms with Crippen LogP contribution in [-0.2, 0) is 14.8 Å². The quantitative estimate of drug-likeness (QED) is 0.702. The third kappa shape index (κ3) is 3.99. The van der Waals surface area contributed by atoms with Gasteiger partial charge in [-0.15, -0.1) is 0 Å². The first-order valence-corrected chi connectivity index (χ1v) is 11.4. The Morgan fingerprint density at radius 2 is 1.63 bits per heavy atom. The van der Waals surface area contributed by atoms with Crippen LogP contribution in [0.2, 0.25) is 0 Å². The molecule has 27 heavy (non-hydrogen) atoms. The zero-order valence-electron chi connectivity index (χ0n) is 15.9. The van der Waals surface area contributed by atoms with E-state index < -0.39 is 27.4 Å². The summed E-state index contributed by atoms with van der Waals surface area (Å²) in [6, 6.07) is -0.745. The molecular weight excluding hydrogens is 381 g/mol. The van der Waals surface area contributed by atoms with Crippen molar-refractivity contribution in [2.24, 2.45) is 5.92 Å². The van der Waals surface area contributed by atoms with Gasteiger partial charge >= 0.3 is 6.18 Å². The molecule has 0 radical (unpaired) electrons. The van der Waals surface area contributed by atoms with Crippen molar-refractivity contribution in [3.8, 4) is 0 Å². The predicted octanol–water partition coefficient (Wildman–Crippen LogP) is 3.30. The molecule has 1 heterocycles. The van der Waals surface area contributed by atoms with Gasteiger partial charge in [-0.3, -0.25) is 4.79 Å². The number of sulfonamides is 1. The third-order valence-corrected chi connectivity index (χ3v) is 8.89. The zero-order valence-corrected chi connectivity index (χ0v) is 16.7. The molecule has 4 unspecified atom stereocenters. The highest BCUT2D eigenvalue weighted by Crippen LogP contribution is 2.42. The smallest absolute Gasteiger partial charge is 0.334 e. The van der Waals surface area contributed by atoms with Crippen molar-refractivity contribution in [3.05, 3.63) is 0 Å². The van der Waals surface area contributed by atoms with E-state index in [1.807, 2.05) is 6.92 Å². The lowest BCUT2D eigenvalue weighted by atomic mass is 9.86. The van der Waals surface area contributed by atoms with Crippen molar-refractivity contribution in [1.29, 1.82) is 0 Å². The Balaban J connectivity index is 1.86. The zero-order chi connectivity index (χ0) is 20.0. The van der Waals surface area contributed by atoms with Crippen LogP contribution in [0, 0.1) is 5.92 Å². The van der Waals surface area contributed by atoms with Crippen LogP contribution in [0.3, 0.4) is 0 Å². The molecule has 2 saturated carbocycles. The maximum absolute atomic E-state index is 13.3. The molecule has 0 aromatic rings. The summed E-state index contributed by atoms with van der Waals surface area (Å²) in [4.78, 5) is 13.9. The van der Waals surface area contributed by atoms with E-state index >= 15 is 0 Å². The standard InChI is InChI=1S/C18H29F3N2O3S/c1-12-11-22(16-8-3-4-9-17(16)23(12)13(2)24)27(25,26)15-7-5-6-14(10-15)18(19,20)21/h12,14-17H,3-11H2,1-2H3/t12-,14?,15?,16?,17?/m0/s1. The van der Waals surface area contributed by atoms with Gasteiger partial charge < -0.3 is 4.90 Å². The number of halogens is 3. The lowest BCUT2D eigenvalue weighted by molar-refractivity contribution is -0.181. The summed E-state index contributed by atoms with van der Waals surface area (Å²) < 4.78 is 67.6. The van der Waals surface area contributed by atoms with Gasteiger partial charge in [0.1, 0.15) is 0 Å². The Kier molecular flexibility index (Phi) is 5.83. The number of amides is 1. The molecule has 3 rings (SSSR count). The minimum absolute atomic E-state index is 0.0100. The van der Waals surface area contributed by atoms with Crippen LogP contribution in [-0.4, -0.2) is 59.6 Å². The highest BCUT2D eigenvalue weighted by molar-refractivity contribution is 7.89. The van der Waals surface area contributed by atoms with Gasteiger partial charge in [0.25, 0.3) is 0 Å². The minimum Gasteiger partial charge on any atom is -0.334 e. The van der Waals surface area contributed by atoms with Crippen molar-refractivity contribution in [1.82, 2.24) is 9.21 Å². The number of rotatable bonds is 2. The van der Waals surface area contributed by atoms with Crippen LogP contribution in [0.25, 0.3) is 0 Å². The van der Waals surface area contributed by atoms with E-state index in [0.29, 0.717) is 6.42 Å². The lowest BCUT2D eigenvalue weighted by Gasteiger charge is -2.52. The molecule has 5 atom stereocenters. The molecule has 2 aliphatic carbocycles. The molecule has 0 aromatic heterocycles. The maximum Gasteiger partial charge on any atom is 0.391 e. The second-order valence-electron chi connectivity index (χ2n) is 8.34. The Labute approximate surface area is 159 Å². The lowest BCUT2D eigenvalue weighted by Crippen LogP contribution is -2.67. The summed E-state index contributed by atoms with van der Waals surface area (Å²) in [5.74, 6) is -1.60. The molecule has 0 N–H and O–H groups in total. The molecule has 0 spiro atoms. The fourth-order valence-corrected chi connectivity index (χ4v) is 7.67. The van der Waals surface area contributed by atoms with Crippen LogP contribution < -0.4 is 0 Å². The summed E-state index contributed by atoms with van der Waals surface area (Å²) in [7, 11) is -3.84. The average molecular weight is 411 g/mol. The summed E-state index contributed by atoms with van der Waals surface area (Å²) in [6.45, 7) is 3.51. The predicted molar refractivity (Wildman–Crippen MR) is 95.5 cm³/mol. The summed E-state index contributed by atoms with van der Waals surface area (Å²) in [5, 5.41) is -0.975. The Hall–Kier alpha value is -0.830. The number of piperazine rings is 1. The summed E-state index contributed by atoms with van der Waals surface area (Å²) in [6.07, 6.45) is -0.887. The average Bonchev–Trinajstić information content (AvgIpc) is 2.60. The topological polar surface area (TPSA) is 57.7 Å². The van der Waals surface area contributed by atoms with Crippen LogP contribution in [0.4, 0.5) is 13.2 Å². The molecule has 1 aliphatic heterocycles. The number of hydrogen-bond donors (Lipinski definition) is 0. The van der Waals surface area contributed by atoms with E-state index in [9.17, 15) is 26.4 Å². The Bertz CT molecular complexity index is 667. The van der Waals surface area contributed by atoms with E-state index in [4.69, 9.17) is 0 Å². The van der Waals surface area contributed by atoms with E-state index in [1.54, 1.807) is 4.90 Å². The molecule has 3 aliphatic rings. The van der Waals surface area contributed by atoms with Gasteiger partial charge in [-0.1, -0.05) is 19.3 Å². The van der Waals surface area contributed by atoms with Gasteiger partial charge in [0.15, 0.2) is 0 Å². The fourth-order valence-electron chi connectivity index (χ4n) is 5.30. The second-order valence-corrected chi connectivity index (χ2v) is 10.5. The molecule has 156 valence electrons. The van der Waals surface area contributed by atoms with Gasteiger partial charge in [0.2, 0.25) is 15.9 Å². The fraction of sp³-hybridized carbons (Fsp3) is 0.944. The van der Waals surface area contributed by atoms with Gasteiger partial charge in [-0.25, -0.2) is 8.42 Å². The van der Waals surface area contributed by atoms with Crippen molar-refractivity contribution in [3.63, 3.8) is 0 Å². The molecule has 0 bridgehead atoms. The number of carbonyl (C=O) groups excluding carboxylic acids is 1. The van der Waals surface area contributed by atoms with Gasteiger partial charge in [0.05, 0.1) is 11.2 Å². The molecule has 9 heteroatoms. The SMILES string of the molecule is CC(=O)N1C2CCCCC2N(S(=O)(=O)C2CCCC(C(F)(F)F)C2)C[C@@H]1C. The minimum atomic E-state index is -4.35. The normalized spacial score (nSPS) is 36.3. The van der Waals surface area contributed by atoms with Crippen molar-refractivity contribution in [2.45, 2.75) is 94.8 Å². The van der Waals surface area contributed by atoms with Crippen molar-refractivity contribution < 1.29 is 26.4 Å². The van der Waals surface area contributed by atoms with E-state index in [2.05, 4.69) is 0 Å². The molecule has 5 nitrogen and oxygen atoms in total. The van der Waals surface area contributed by atoms with Gasteiger partial charge in [-0.2, -0.15) is 17.5 Å². The number of hydrogen-bond acceptors (Lipinski definition) is 3. The van der Waals surface area contributed by atoms with Gasteiger partial charge in [-0.05, 0) is 39.0 Å². The number of alkyl halides is 3. The first kappa shape index (κ1) is 20.9. The summed E-state index contributed by atoms with van der Waals surface area (Å²) in [5.41, 5.74) is 0. The molecular formula is C18H29F3N2O3S. The molecule has 0 aromatic carbocycles. The first-order valence-electron chi connectivity index (χ1n) is 9.89. The maximum atomic E-state index is 13.3. The van der Waals surface area contributed by atoms with E-state index in [-0.39, 0.29) is 56.3 Å². The van der Waals surface area contributed by atoms with Crippen LogP contribution in [0.1, 0.15) is 65.2 Å². The van der Waals surface area contributed by atoms with Crippen LogP contribution >= 0.6 is 0 Å². The highest BCUT2D eigenvalue weighted by Gasteiger charge is 2.51. The third-order valence-electron chi connectivity index (χ3n) is 6.54. The Morgan fingerprint density at radius 1 is 1.00 bits per heavy atom. The van der Waals surface area contributed by atoms with Crippen LogP contribution in [0.5, 0.6) is 0 Å². The molecule has 3 fully saturated rings. The van der Waals surface area contributed by atoms with E-state index in [0.717, 1.165) is 19.3 Å². The number of nitrogens with zero attached hydrogens (tertiary/aromatic N) is 2.